The smallest absolute Gasteiger partial charge is 0.417 e. The van der Waals surface area contributed by atoms with Crippen molar-refractivity contribution in [2.24, 2.45) is 5.73 Å². The van der Waals surface area contributed by atoms with Crippen molar-refractivity contribution in [3.8, 4) is 0 Å². The molecule has 21 heavy (non-hydrogen) atoms. The van der Waals surface area contributed by atoms with Crippen LogP contribution in [0, 0.1) is 0 Å². The standard InChI is InChI=1S/C8H6F3NO.C4H6O4/c9-8(10,11)6-4-2-1-3-5(6)7(12)13;5-3(6)1-2-4(7)8/h1-4H,(H2,12,13);1-2H2,(H,5,6)(H,7,8). The van der Waals surface area contributed by atoms with E-state index in [0.29, 0.717) is 0 Å². The highest BCUT2D eigenvalue weighted by Gasteiger charge is 2.34. The molecule has 1 aromatic rings. The lowest BCUT2D eigenvalue weighted by atomic mass is 10.1. The van der Waals surface area contributed by atoms with Gasteiger partial charge in [-0.1, -0.05) is 12.1 Å². The lowest BCUT2D eigenvalue weighted by Gasteiger charge is -2.09. The summed E-state index contributed by atoms with van der Waals surface area (Å²) in [4.78, 5) is 29.9. The first kappa shape index (κ1) is 18.4. The Kier molecular flexibility index (Phi) is 6.91. The molecule has 0 saturated heterocycles. The van der Waals surface area contributed by atoms with Crippen LogP contribution in [0.3, 0.4) is 0 Å². The Morgan fingerprint density at radius 3 is 1.71 bits per heavy atom. The van der Waals surface area contributed by atoms with Gasteiger partial charge in [-0.2, -0.15) is 13.2 Å². The van der Waals surface area contributed by atoms with Crippen molar-refractivity contribution in [1.82, 2.24) is 0 Å². The molecule has 0 radical (unpaired) electrons. The summed E-state index contributed by atoms with van der Waals surface area (Å²) in [6.07, 6.45) is -5.13. The lowest BCUT2D eigenvalue weighted by Crippen LogP contribution is -2.18. The fourth-order valence-corrected chi connectivity index (χ4v) is 1.16. The van der Waals surface area contributed by atoms with E-state index in [0.717, 1.165) is 12.1 Å². The van der Waals surface area contributed by atoms with Crippen LogP contribution < -0.4 is 5.73 Å². The summed E-state index contributed by atoms with van der Waals surface area (Å²) in [5, 5.41) is 15.8. The molecule has 0 aliphatic carbocycles. The zero-order valence-corrected chi connectivity index (χ0v) is 10.6. The lowest BCUT2D eigenvalue weighted by molar-refractivity contribution is -0.143. The van der Waals surface area contributed by atoms with E-state index in [-0.39, 0.29) is 12.8 Å². The van der Waals surface area contributed by atoms with Gasteiger partial charge in [0.2, 0.25) is 5.91 Å². The summed E-state index contributed by atoms with van der Waals surface area (Å²) in [5.74, 6) is -3.23. The molecule has 0 bridgehead atoms. The molecule has 1 amide bonds. The van der Waals surface area contributed by atoms with E-state index in [9.17, 15) is 27.6 Å². The summed E-state index contributed by atoms with van der Waals surface area (Å²) in [5.41, 5.74) is 3.27. The predicted molar refractivity (Wildman–Crippen MR) is 64.5 cm³/mol. The second-order valence-electron chi connectivity index (χ2n) is 3.70. The molecule has 1 aromatic carbocycles. The minimum atomic E-state index is -4.54. The van der Waals surface area contributed by atoms with E-state index < -0.39 is 35.1 Å². The maximum absolute atomic E-state index is 12.2. The van der Waals surface area contributed by atoms with Gasteiger partial charge < -0.3 is 15.9 Å². The molecule has 0 heterocycles. The predicted octanol–water partition coefficient (Wildman–Crippen LogP) is 1.74. The van der Waals surface area contributed by atoms with Crippen molar-refractivity contribution in [2.45, 2.75) is 19.0 Å². The number of hydrogen-bond donors (Lipinski definition) is 3. The van der Waals surface area contributed by atoms with Crippen molar-refractivity contribution in [2.75, 3.05) is 0 Å². The summed E-state index contributed by atoms with van der Waals surface area (Å²) in [7, 11) is 0. The number of primary amides is 1. The number of carboxylic acid groups (broad SMARTS) is 2. The molecular weight excluding hydrogens is 295 g/mol. The summed E-state index contributed by atoms with van der Waals surface area (Å²) in [6, 6.07) is 4.40. The fourth-order valence-electron chi connectivity index (χ4n) is 1.16. The molecule has 0 saturated carbocycles. The minimum Gasteiger partial charge on any atom is -0.481 e. The maximum atomic E-state index is 12.2. The van der Waals surface area contributed by atoms with Crippen molar-refractivity contribution in [1.29, 1.82) is 0 Å². The van der Waals surface area contributed by atoms with Gasteiger partial charge in [0, 0.05) is 0 Å². The molecular formula is C12H12F3NO5. The Bertz CT molecular complexity index is 514. The average molecular weight is 307 g/mol. The van der Waals surface area contributed by atoms with Crippen LogP contribution in [0.2, 0.25) is 0 Å². The van der Waals surface area contributed by atoms with Crippen molar-refractivity contribution in [3.63, 3.8) is 0 Å². The number of carboxylic acids is 2. The van der Waals surface area contributed by atoms with Crippen LogP contribution in [0.5, 0.6) is 0 Å². The number of amides is 1. The van der Waals surface area contributed by atoms with Gasteiger partial charge in [-0.15, -0.1) is 0 Å². The number of rotatable bonds is 4. The monoisotopic (exact) mass is 307 g/mol. The van der Waals surface area contributed by atoms with Gasteiger partial charge in [0.1, 0.15) is 0 Å². The third-order valence-corrected chi connectivity index (χ3v) is 2.05. The largest absolute Gasteiger partial charge is 0.481 e. The normalized spacial score (nSPS) is 10.2. The third-order valence-electron chi connectivity index (χ3n) is 2.05. The molecule has 0 unspecified atom stereocenters. The third kappa shape index (κ3) is 7.55. The van der Waals surface area contributed by atoms with Gasteiger partial charge in [0.25, 0.3) is 0 Å². The number of nitrogens with two attached hydrogens (primary N) is 1. The first-order chi connectivity index (χ1) is 9.55. The second-order valence-corrected chi connectivity index (χ2v) is 3.70. The van der Waals surface area contributed by atoms with Gasteiger partial charge in [-0.3, -0.25) is 14.4 Å². The molecule has 1 rings (SSSR count). The van der Waals surface area contributed by atoms with E-state index in [1.165, 1.54) is 12.1 Å². The Labute approximate surface area is 117 Å². The summed E-state index contributed by atoms with van der Waals surface area (Å²) < 4.78 is 36.6. The Hall–Kier alpha value is -2.58. The van der Waals surface area contributed by atoms with E-state index in [4.69, 9.17) is 15.9 Å². The zero-order valence-electron chi connectivity index (χ0n) is 10.6. The highest BCUT2D eigenvalue weighted by molar-refractivity contribution is 5.94. The van der Waals surface area contributed by atoms with Gasteiger partial charge in [-0.05, 0) is 12.1 Å². The topological polar surface area (TPSA) is 118 Å². The van der Waals surface area contributed by atoms with Crippen LogP contribution in [0.25, 0.3) is 0 Å². The van der Waals surface area contributed by atoms with Crippen LogP contribution >= 0.6 is 0 Å². The molecule has 116 valence electrons. The first-order valence-electron chi connectivity index (χ1n) is 5.45. The van der Waals surface area contributed by atoms with Crippen LogP contribution in [0.4, 0.5) is 13.2 Å². The second kappa shape index (κ2) is 7.88. The number of carbonyl (C=O) groups excluding carboxylic acids is 1. The van der Waals surface area contributed by atoms with Gasteiger partial charge in [-0.25, -0.2) is 0 Å². The molecule has 0 aliphatic heterocycles. The van der Waals surface area contributed by atoms with Gasteiger partial charge in [0.05, 0.1) is 24.0 Å². The van der Waals surface area contributed by atoms with Crippen LogP contribution in [-0.2, 0) is 15.8 Å². The highest BCUT2D eigenvalue weighted by atomic mass is 19.4. The molecule has 0 aromatic heterocycles. The van der Waals surface area contributed by atoms with E-state index >= 15 is 0 Å². The first-order valence-corrected chi connectivity index (χ1v) is 5.45. The van der Waals surface area contributed by atoms with E-state index in [2.05, 4.69) is 0 Å². The van der Waals surface area contributed by atoms with E-state index in [1.54, 1.807) is 0 Å². The Balaban J connectivity index is 0.000000433. The maximum Gasteiger partial charge on any atom is 0.417 e. The summed E-state index contributed by atoms with van der Waals surface area (Å²) >= 11 is 0. The molecule has 4 N–H and O–H groups in total. The number of benzene rings is 1. The number of aliphatic carboxylic acids is 2. The Morgan fingerprint density at radius 1 is 1.00 bits per heavy atom. The number of alkyl halides is 3. The van der Waals surface area contributed by atoms with Gasteiger partial charge in [0.15, 0.2) is 0 Å². The van der Waals surface area contributed by atoms with Crippen molar-refractivity contribution in [3.05, 3.63) is 35.4 Å². The van der Waals surface area contributed by atoms with Crippen LogP contribution in [0.1, 0.15) is 28.8 Å². The quantitative estimate of drug-likeness (QED) is 0.783. The molecule has 6 nitrogen and oxygen atoms in total. The zero-order chi connectivity index (χ0) is 16.6. The number of halogens is 3. The van der Waals surface area contributed by atoms with Crippen molar-refractivity contribution < 1.29 is 37.8 Å². The Morgan fingerprint density at radius 2 is 1.43 bits per heavy atom. The van der Waals surface area contributed by atoms with Crippen LogP contribution in [0.15, 0.2) is 24.3 Å². The SMILES string of the molecule is NC(=O)c1ccccc1C(F)(F)F.O=C(O)CCC(=O)O. The molecule has 0 spiro atoms. The van der Waals surface area contributed by atoms with Gasteiger partial charge >= 0.3 is 18.1 Å². The molecule has 0 aliphatic rings. The fraction of sp³-hybridized carbons (Fsp3) is 0.250. The molecule has 9 heteroatoms. The highest BCUT2D eigenvalue weighted by Crippen LogP contribution is 2.31. The molecule has 0 atom stereocenters. The van der Waals surface area contributed by atoms with E-state index in [1.807, 2.05) is 0 Å². The molecule has 0 fully saturated rings. The average Bonchev–Trinajstić information content (AvgIpc) is 2.36. The number of carbonyl (C=O) groups is 3. The number of hydrogen-bond acceptors (Lipinski definition) is 3. The minimum absolute atomic E-state index is 0.296. The summed E-state index contributed by atoms with van der Waals surface area (Å²) in [6.45, 7) is 0. The van der Waals surface area contributed by atoms with Crippen molar-refractivity contribution >= 4 is 17.8 Å². The van der Waals surface area contributed by atoms with Crippen LogP contribution in [-0.4, -0.2) is 28.1 Å².